The van der Waals surface area contributed by atoms with Gasteiger partial charge in [0.1, 0.15) is 0 Å². The van der Waals surface area contributed by atoms with Crippen LogP contribution in [-0.4, -0.2) is 0 Å². The minimum Gasteiger partial charge on any atom is -0.103 e. The fourth-order valence-corrected chi connectivity index (χ4v) is 3.50. The summed E-state index contributed by atoms with van der Waals surface area (Å²) in [7, 11) is 0. The molecule has 0 aromatic rings. The van der Waals surface area contributed by atoms with Gasteiger partial charge in [0.25, 0.3) is 0 Å². The Morgan fingerprint density at radius 1 is 1.38 bits per heavy atom. The van der Waals surface area contributed by atoms with Gasteiger partial charge in [0.05, 0.1) is 0 Å². The molecule has 0 radical (unpaired) electrons. The number of fused-ring (bicyclic) bond motifs is 1. The average molecular weight is 176 g/mol. The minimum atomic E-state index is 0.527. The minimum absolute atomic E-state index is 0.527. The largest absolute Gasteiger partial charge is 0.103 e. The molecule has 2 aliphatic rings. The second-order valence-corrected chi connectivity index (χ2v) is 5.00. The number of rotatable bonds is 2. The van der Waals surface area contributed by atoms with Crippen molar-refractivity contribution < 1.29 is 0 Å². The molecule has 0 nitrogen and oxygen atoms in total. The van der Waals surface area contributed by atoms with Crippen LogP contribution in [0.25, 0.3) is 0 Å². The van der Waals surface area contributed by atoms with Crippen LogP contribution >= 0.6 is 0 Å². The van der Waals surface area contributed by atoms with Gasteiger partial charge in [-0.1, -0.05) is 19.1 Å². The highest BCUT2D eigenvalue weighted by molar-refractivity contribution is 5.12. The zero-order valence-corrected chi connectivity index (χ0v) is 8.63. The average Bonchev–Trinajstić information content (AvgIpc) is 2.16. The molecular weight excluding hydrogens is 156 g/mol. The zero-order valence-electron chi connectivity index (χ0n) is 8.63. The SMILES string of the molecule is C=CC1CCC2(C=C)CC(C)C2C1. The maximum atomic E-state index is 4.02. The third kappa shape index (κ3) is 1.19. The molecule has 0 amide bonds. The Hall–Kier alpha value is -0.520. The quantitative estimate of drug-likeness (QED) is 0.561. The predicted molar refractivity (Wildman–Crippen MR) is 57.4 cm³/mol. The molecule has 0 heterocycles. The summed E-state index contributed by atoms with van der Waals surface area (Å²) < 4.78 is 0. The molecule has 0 spiro atoms. The van der Waals surface area contributed by atoms with E-state index < -0.39 is 0 Å². The molecule has 2 saturated carbocycles. The first-order valence-corrected chi connectivity index (χ1v) is 5.48. The summed E-state index contributed by atoms with van der Waals surface area (Å²) in [6.07, 6.45) is 9.80. The van der Waals surface area contributed by atoms with Gasteiger partial charge >= 0.3 is 0 Å². The number of hydrogen-bond acceptors (Lipinski definition) is 0. The van der Waals surface area contributed by atoms with E-state index in [0.29, 0.717) is 5.41 Å². The van der Waals surface area contributed by atoms with Crippen LogP contribution in [0.15, 0.2) is 25.3 Å². The maximum Gasteiger partial charge on any atom is -0.00871 e. The normalized spacial score (nSPS) is 48.8. The van der Waals surface area contributed by atoms with E-state index in [-0.39, 0.29) is 0 Å². The predicted octanol–water partition coefficient (Wildman–Crippen LogP) is 3.80. The van der Waals surface area contributed by atoms with Crippen LogP contribution in [-0.2, 0) is 0 Å². The van der Waals surface area contributed by atoms with Crippen LogP contribution in [0.5, 0.6) is 0 Å². The van der Waals surface area contributed by atoms with Crippen LogP contribution in [0.3, 0.4) is 0 Å². The van der Waals surface area contributed by atoms with Gasteiger partial charge in [0, 0.05) is 0 Å². The highest BCUT2D eigenvalue weighted by atomic mass is 14.6. The lowest BCUT2D eigenvalue weighted by Gasteiger charge is -2.57. The third-order valence-electron chi connectivity index (χ3n) is 4.40. The van der Waals surface area contributed by atoms with Crippen molar-refractivity contribution >= 4 is 0 Å². The van der Waals surface area contributed by atoms with Gasteiger partial charge in [-0.25, -0.2) is 0 Å². The summed E-state index contributed by atoms with van der Waals surface area (Å²) in [6.45, 7) is 10.3. The monoisotopic (exact) mass is 176 g/mol. The molecule has 2 rings (SSSR count). The molecule has 2 fully saturated rings. The molecule has 2 aliphatic carbocycles. The highest BCUT2D eigenvalue weighted by Crippen LogP contribution is 2.60. The van der Waals surface area contributed by atoms with Crippen molar-refractivity contribution in [3.8, 4) is 0 Å². The number of hydrogen-bond donors (Lipinski definition) is 0. The Morgan fingerprint density at radius 3 is 2.69 bits per heavy atom. The van der Waals surface area contributed by atoms with Crippen LogP contribution in [0.4, 0.5) is 0 Å². The van der Waals surface area contributed by atoms with E-state index in [2.05, 4.69) is 32.2 Å². The molecule has 4 unspecified atom stereocenters. The number of allylic oxidation sites excluding steroid dienone is 2. The Bertz CT molecular complexity index is 228. The van der Waals surface area contributed by atoms with Gasteiger partial charge in [-0.15, -0.1) is 13.2 Å². The van der Waals surface area contributed by atoms with Gasteiger partial charge in [-0.3, -0.25) is 0 Å². The topological polar surface area (TPSA) is 0 Å². The van der Waals surface area contributed by atoms with Crippen molar-refractivity contribution in [2.75, 3.05) is 0 Å². The Morgan fingerprint density at radius 2 is 2.15 bits per heavy atom. The molecule has 0 aliphatic heterocycles. The van der Waals surface area contributed by atoms with Crippen LogP contribution in [0, 0.1) is 23.2 Å². The van der Waals surface area contributed by atoms with Crippen LogP contribution in [0.2, 0.25) is 0 Å². The van der Waals surface area contributed by atoms with E-state index in [1.807, 2.05) is 0 Å². The van der Waals surface area contributed by atoms with Gasteiger partial charge in [0.2, 0.25) is 0 Å². The van der Waals surface area contributed by atoms with Crippen molar-refractivity contribution in [1.82, 2.24) is 0 Å². The first-order chi connectivity index (χ1) is 6.22. The van der Waals surface area contributed by atoms with Crippen molar-refractivity contribution in [1.29, 1.82) is 0 Å². The van der Waals surface area contributed by atoms with Crippen molar-refractivity contribution in [3.05, 3.63) is 25.3 Å². The molecule has 0 heteroatoms. The van der Waals surface area contributed by atoms with Crippen LogP contribution in [0.1, 0.15) is 32.6 Å². The summed E-state index contributed by atoms with van der Waals surface area (Å²) in [6, 6.07) is 0. The van der Waals surface area contributed by atoms with Gasteiger partial charge in [-0.2, -0.15) is 0 Å². The van der Waals surface area contributed by atoms with Crippen molar-refractivity contribution in [2.45, 2.75) is 32.6 Å². The second-order valence-electron chi connectivity index (χ2n) is 5.00. The summed E-state index contributed by atoms with van der Waals surface area (Å²) in [4.78, 5) is 0. The lowest BCUT2D eigenvalue weighted by Crippen LogP contribution is -2.48. The molecule has 0 N–H and O–H groups in total. The molecule has 0 saturated heterocycles. The molecule has 0 aromatic heterocycles. The molecule has 72 valence electrons. The van der Waals surface area contributed by atoms with E-state index >= 15 is 0 Å². The van der Waals surface area contributed by atoms with Crippen molar-refractivity contribution in [3.63, 3.8) is 0 Å². The summed E-state index contributed by atoms with van der Waals surface area (Å²) in [5.41, 5.74) is 0.527. The second kappa shape index (κ2) is 3.01. The summed E-state index contributed by atoms with van der Waals surface area (Å²) >= 11 is 0. The molecule has 4 atom stereocenters. The Kier molecular flexibility index (Phi) is 2.09. The maximum absolute atomic E-state index is 4.02. The van der Waals surface area contributed by atoms with E-state index in [0.717, 1.165) is 17.8 Å². The molecular formula is C13H20. The van der Waals surface area contributed by atoms with Crippen LogP contribution < -0.4 is 0 Å². The van der Waals surface area contributed by atoms with Gasteiger partial charge in [0.15, 0.2) is 0 Å². The Labute approximate surface area is 81.7 Å². The standard InChI is InChI=1S/C13H20/c1-4-11-6-7-13(5-2)9-10(3)12(13)8-11/h4-5,10-12H,1-2,6-9H2,3H3. The van der Waals surface area contributed by atoms with Crippen molar-refractivity contribution in [2.24, 2.45) is 23.2 Å². The lowest BCUT2D eigenvalue weighted by molar-refractivity contribution is -0.0399. The summed E-state index contributed by atoms with van der Waals surface area (Å²) in [5.74, 6) is 2.60. The lowest BCUT2D eigenvalue weighted by atomic mass is 9.47. The fraction of sp³-hybridized carbons (Fsp3) is 0.692. The van der Waals surface area contributed by atoms with E-state index in [4.69, 9.17) is 0 Å². The van der Waals surface area contributed by atoms with E-state index in [9.17, 15) is 0 Å². The van der Waals surface area contributed by atoms with Gasteiger partial charge in [-0.05, 0) is 48.9 Å². The molecule has 0 bridgehead atoms. The third-order valence-corrected chi connectivity index (χ3v) is 4.40. The first kappa shape index (κ1) is 9.05. The fourth-order valence-electron chi connectivity index (χ4n) is 3.50. The van der Waals surface area contributed by atoms with E-state index in [1.165, 1.54) is 25.7 Å². The zero-order chi connectivity index (χ0) is 9.47. The summed E-state index contributed by atoms with van der Waals surface area (Å²) in [5, 5.41) is 0. The van der Waals surface area contributed by atoms with E-state index in [1.54, 1.807) is 0 Å². The molecule has 0 aromatic carbocycles. The smallest absolute Gasteiger partial charge is 0.00871 e. The Balaban J connectivity index is 2.10. The van der Waals surface area contributed by atoms with Gasteiger partial charge < -0.3 is 0 Å². The highest BCUT2D eigenvalue weighted by Gasteiger charge is 2.51. The first-order valence-electron chi connectivity index (χ1n) is 5.48. The molecule has 13 heavy (non-hydrogen) atoms.